The molecular formula is C36H38N2O4. The van der Waals surface area contributed by atoms with Crippen LogP contribution in [0, 0.1) is 11.8 Å². The van der Waals surface area contributed by atoms with Crippen LogP contribution in [0.2, 0.25) is 0 Å². The summed E-state index contributed by atoms with van der Waals surface area (Å²) in [6.45, 7) is 2.57. The second-order valence-corrected chi connectivity index (χ2v) is 12.9. The monoisotopic (exact) mass is 562 g/mol. The van der Waals surface area contributed by atoms with Gasteiger partial charge >= 0.3 is 0 Å². The number of aromatic hydroxyl groups is 1. The number of Topliss-reactive ketones (excluding diaryl/α,β-unsaturated/α-hetero) is 1. The van der Waals surface area contributed by atoms with Crippen molar-refractivity contribution in [2.24, 2.45) is 11.8 Å². The molecule has 2 N–H and O–H groups in total. The van der Waals surface area contributed by atoms with Crippen LogP contribution in [0.1, 0.15) is 75.9 Å². The Hall–Kier alpha value is -3.77. The van der Waals surface area contributed by atoms with Gasteiger partial charge in [-0.2, -0.15) is 0 Å². The molecule has 216 valence electrons. The summed E-state index contributed by atoms with van der Waals surface area (Å²) in [5, 5.41) is 14.7. The lowest BCUT2D eigenvalue weighted by Crippen LogP contribution is -2.62. The minimum absolute atomic E-state index is 0.0868. The molecule has 1 amide bonds. The molecule has 2 saturated carbocycles. The van der Waals surface area contributed by atoms with Crippen molar-refractivity contribution < 1.29 is 19.5 Å². The predicted octanol–water partition coefficient (Wildman–Crippen LogP) is 5.49. The summed E-state index contributed by atoms with van der Waals surface area (Å²) in [6, 6.07) is 19.9. The number of aldehydes is 1. The molecule has 3 atom stereocenters. The van der Waals surface area contributed by atoms with Gasteiger partial charge in [-0.1, -0.05) is 54.6 Å². The molecule has 6 heteroatoms. The number of benzene rings is 3. The number of hydrogen-bond acceptors (Lipinski definition) is 5. The molecule has 0 spiro atoms. The van der Waals surface area contributed by atoms with Crippen molar-refractivity contribution in [2.45, 2.75) is 62.8 Å². The molecule has 0 aromatic heterocycles. The standard InChI is InChI=1S/C36H38N2O4/c39-22-25-5-9-27(10-6-25)26-7-3-23(4-8-26)15-17-37-35(42)30-13-11-28-19-32-31-14-12-29(40)20-36(31,33(28)34(30)41)16-18-38(32)21-24-1-2-24/h3-11,13,22,24,31-32,41H,1-2,12,14-21H2,(H,37,42)/t31-,32+,36-/m0/s1. The van der Waals surface area contributed by atoms with Gasteiger partial charge in [-0.15, -0.1) is 0 Å². The Bertz CT molecular complexity index is 1530. The maximum Gasteiger partial charge on any atom is 0.255 e. The molecule has 3 fully saturated rings. The number of carbonyl (C=O) groups is 3. The topological polar surface area (TPSA) is 86.7 Å². The Labute approximate surface area is 247 Å². The Morgan fingerprint density at radius 3 is 2.45 bits per heavy atom. The second-order valence-electron chi connectivity index (χ2n) is 12.9. The highest BCUT2D eigenvalue weighted by atomic mass is 16.3. The first-order valence-electron chi connectivity index (χ1n) is 15.5. The smallest absolute Gasteiger partial charge is 0.255 e. The van der Waals surface area contributed by atoms with E-state index in [0.29, 0.717) is 48.9 Å². The number of likely N-dealkylation sites (tertiary alicyclic amines) is 1. The normalized spacial score (nSPS) is 24.9. The van der Waals surface area contributed by atoms with Gasteiger partial charge in [0.1, 0.15) is 17.8 Å². The first-order chi connectivity index (χ1) is 20.4. The van der Waals surface area contributed by atoms with E-state index < -0.39 is 0 Å². The maximum atomic E-state index is 13.3. The number of rotatable bonds is 8. The van der Waals surface area contributed by atoms with Gasteiger partial charge < -0.3 is 10.4 Å². The second kappa shape index (κ2) is 10.8. The van der Waals surface area contributed by atoms with Gasteiger partial charge in [0, 0.05) is 48.5 Å². The number of carbonyl (C=O) groups excluding carboxylic acids is 3. The zero-order valence-corrected chi connectivity index (χ0v) is 24.0. The Balaban J connectivity index is 1.06. The summed E-state index contributed by atoms with van der Waals surface area (Å²) in [5.74, 6) is 1.27. The van der Waals surface area contributed by atoms with E-state index in [1.54, 1.807) is 6.07 Å². The van der Waals surface area contributed by atoms with Crippen LogP contribution in [0.4, 0.5) is 0 Å². The number of phenols is 1. The van der Waals surface area contributed by atoms with E-state index >= 15 is 0 Å². The van der Waals surface area contributed by atoms with Crippen LogP contribution in [0.3, 0.4) is 0 Å². The van der Waals surface area contributed by atoms with Crippen LogP contribution in [-0.4, -0.2) is 53.7 Å². The number of piperidine rings is 1. The molecule has 6 nitrogen and oxygen atoms in total. The number of nitrogens with one attached hydrogen (secondary N) is 1. The quantitative estimate of drug-likeness (QED) is 0.355. The van der Waals surface area contributed by atoms with E-state index in [2.05, 4.69) is 22.3 Å². The molecule has 4 aliphatic rings. The van der Waals surface area contributed by atoms with E-state index in [0.717, 1.165) is 72.4 Å². The van der Waals surface area contributed by atoms with Gasteiger partial charge in [-0.25, -0.2) is 0 Å². The SMILES string of the molecule is O=Cc1ccc(-c2ccc(CCNC(=O)c3ccc4c(c3O)[C@]35CCN(CC6CC6)[C@H](C4)[C@@H]3CCC(=O)C5)cc2)cc1. The van der Waals surface area contributed by atoms with Crippen LogP contribution < -0.4 is 5.32 Å². The summed E-state index contributed by atoms with van der Waals surface area (Å²) < 4.78 is 0. The summed E-state index contributed by atoms with van der Waals surface area (Å²) in [6.07, 6.45) is 7.91. The summed E-state index contributed by atoms with van der Waals surface area (Å²) in [7, 11) is 0. The summed E-state index contributed by atoms with van der Waals surface area (Å²) in [4.78, 5) is 39.8. The first kappa shape index (κ1) is 27.1. The van der Waals surface area contributed by atoms with Gasteiger partial charge in [0.2, 0.25) is 0 Å². The summed E-state index contributed by atoms with van der Waals surface area (Å²) >= 11 is 0. The minimum atomic E-state index is -0.358. The fraction of sp³-hybridized carbons (Fsp3) is 0.417. The van der Waals surface area contributed by atoms with Crippen molar-refractivity contribution in [1.29, 1.82) is 0 Å². The molecular weight excluding hydrogens is 524 g/mol. The number of amides is 1. The van der Waals surface area contributed by atoms with Crippen molar-refractivity contribution in [1.82, 2.24) is 10.2 Å². The van der Waals surface area contributed by atoms with E-state index in [9.17, 15) is 19.5 Å². The van der Waals surface area contributed by atoms with Crippen molar-refractivity contribution in [3.63, 3.8) is 0 Å². The van der Waals surface area contributed by atoms with E-state index in [1.807, 2.05) is 42.5 Å². The molecule has 2 bridgehead atoms. The number of hydrogen-bond donors (Lipinski definition) is 2. The third-order valence-corrected chi connectivity index (χ3v) is 10.4. The lowest BCUT2D eigenvalue weighted by atomic mass is 9.51. The van der Waals surface area contributed by atoms with Crippen molar-refractivity contribution in [2.75, 3.05) is 19.6 Å². The average molecular weight is 563 g/mol. The zero-order chi connectivity index (χ0) is 28.8. The third kappa shape index (κ3) is 4.86. The Kier molecular flexibility index (Phi) is 6.97. The number of phenolic OH excluding ortho intramolecular Hbond substituents is 1. The van der Waals surface area contributed by atoms with Gasteiger partial charge in [0.15, 0.2) is 0 Å². The average Bonchev–Trinajstić information content (AvgIpc) is 3.83. The lowest BCUT2D eigenvalue weighted by molar-refractivity contribution is -0.127. The van der Waals surface area contributed by atoms with Crippen LogP contribution in [-0.2, 0) is 23.1 Å². The zero-order valence-electron chi connectivity index (χ0n) is 24.0. The molecule has 3 aromatic rings. The highest BCUT2D eigenvalue weighted by Gasteiger charge is 2.57. The third-order valence-electron chi connectivity index (χ3n) is 10.4. The minimum Gasteiger partial charge on any atom is -0.507 e. The first-order valence-corrected chi connectivity index (χ1v) is 15.5. The fourth-order valence-electron chi connectivity index (χ4n) is 8.09. The van der Waals surface area contributed by atoms with Crippen LogP contribution >= 0.6 is 0 Å². The largest absolute Gasteiger partial charge is 0.507 e. The Morgan fingerprint density at radius 1 is 1.00 bits per heavy atom. The molecule has 0 unspecified atom stereocenters. The fourth-order valence-corrected chi connectivity index (χ4v) is 8.09. The van der Waals surface area contributed by atoms with Gasteiger partial charge in [-0.3, -0.25) is 19.3 Å². The maximum absolute atomic E-state index is 13.3. The van der Waals surface area contributed by atoms with Crippen molar-refractivity contribution in [3.05, 3.63) is 88.5 Å². The van der Waals surface area contributed by atoms with Crippen molar-refractivity contribution >= 4 is 18.0 Å². The number of nitrogens with zero attached hydrogens (tertiary/aromatic N) is 1. The molecule has 0 radical (unpaired) electrons. The van der Waals surface area contributed by atoms with E-state index in [-0.39, 0.29) is 22.9 Å². The molecule has 42 heavy (non-hydrogen) atoms. The summed E-state index contributed by atoms with van der Waals surface area (Å²) in [5.41, 5.74) is 5.82. The molecule has 1 heterocycles. The van der Waals surface area contributed by atoms with Crippen molar-refractivity contribution in [3.8, 4) is 16.9 Å². The molecule has 1 aliphatic heterocycles. The molecule has 3 aliphatic carbocycles. The Morgan fingerprint density at radius 2 is 1.74 bits per heavy atom. The van der Waals surface area contributed by atoms with Gasteiger partial charge in [0.05, 0.1) is 5.56 Å². The highest BCUT2D eigenvalue weighted by Crippen LogP contribution is 2.58. The van der Waals surface area contributed by atoms with E-state index in [1.165, 1.54) is 12.8 Å². The molecule has 1 saturated heterocycles. The van der Waals surface area contributed by atoms with Gasteiger partial charge in [-0.05, 0) is 85.2 Å². The predicted molar refractivity (Wildman–Crippen MR) is 162 cm³/mol. The van der Waals surface area contributed by atoms with Crippen LogP contribution in [0.5, 0.6) is 5.75 Å². The number of fused-ring (bicyclic) bond motifs is 1. The lowest BCUT2D eigenvalue weighted by Gasteiger charge is -2.58. The molecule has 3 aromatic carbocycles. The van der Waals surface area contributed by atoms with E-state index in [4.69, 9.17) is 0 Å². The van der Waals surface area contributed by atoms with Crippen LogP contribution in [0.25, 0.3) is 11.1 Å². The number of ketones is 1. The van der Waals surface area contributed by atoms with Gasteiger partial charge in [0.25, 0.3) is 5.91 Å². The highest BCUT2D eigenvalue weighted by molar-refractivity contribution is 5.98. The van der Waals surface area contributed by atoms with Crippen LogP contribution in [0.15, 0.2) is 60.7 Å². The molecule has 7 rings (SSSR count).